The van der Waals surface area contributed by atoms with Crippen LogP contribution in [0.1, 0.15) is 30.5 Å². The van der Waals surface area contributed by atoms with Crippen molar-refractivity contribution < 1.29 is 33.6 Å². The van der Waals surface area contributed by atoms with Crippen LogP contribution in [0.15, 0.2) is 66.2 Å². The number of anilines is 1. The first-order valence-electron chi connectivity index (χ1n) is 12.9. The molecule has 1 N–H and O–H groups in total. The Morgan fingerprint density at radius 1 is 1.05 bits per heavy atom. The van der Waals surface area contributed by atoms with Crippen molar-refractivity contribution in [1.29, 1.82) is 0 Å². The quantitative estimate of drug-likeness (QED) is 0.180. The van der Waals surface area contributed by atoms with Crippen molar-refractivity contribution in [3.05, 3.63) is 77.4 Å². The molecule has 10 heteroatoms. The molecule has 0 aliphatic carbocycles. The SMILES string of the molecule is CCCOc1cccc([C@@H]2C(=C(O)c3ccc4c(c3)OCCO4)C(=O)C(=O)N2c2nc3ccc(OC)cc3s2)c1. The number of aromatic nitrogens is 1. The maximum absolute atomic E-state index is 13.6. The fourth-order valence-electron chi connectivity index (χ4n) is 4.81. The molecule has 0 saturated carbocycles. The zero-order valence-corrected chi connectivity index (χ0v) is 22.7. The van der Waals surface area contributed by atoms with E-state index in [0.29, 0.717) is 64.6 Å². The zero-order valence-electron chi connectivity index (χ0n) is 21.9. The average molecular weight is 559 g/mol. The third-order valence-electron chi connectivity index (χ3n) is 6.70. The first kappa shape index (κ1) is 25.7. The molecular formula is C30H26N2O7S. The maximum atomic E-state index is 13.6. The van der Waals surface area contributed by atoms with Crippen molar-refractivity contribution in [3.8, 4) is 23.0 Å². The Morgan fingerprint density at radius 3 is 2.67 bits per heavy atom. The van der Waals surface area contributed by atoms with Gasteiger partial charge in [0.25, 0.3) is 5.78 Å². The minimum Gasteiger partial charge on any atom is -0.507 e. The second-order valence-corrected chi connectivity index (χ2v) is 10.3. The molecule has 2 aliphatic heterocycles. The zero-order chi connectivity index (χ0) is 27.8. The minimum absolute atomic E-state index is 0.0499. The first-order valence-corrected chi connectivity index (χ1v) is 13.7. The first-order chi connectivity index (χ1) is 19.5. The van der Waals surface area contributed by atoms with Gasteiger partial charge in [-0.2, -0.15) is 0 Å². The molecule has 0 radical (unpaired) electrons. The molecule has 4 aromatic rings. The second-order valence-electron chi connectivity index (χ2n) is 9.28. The summed E-state index contributed by atoms with van der Waals surface area (Å²) >= 11 is 1.26. The largest absolute Gasteiger partial charge is 0.507 e. The summed E-state index contributed by atoms with van der Waals surface area (Å²) < 4.78 is 23.2. The molecule has 40 heavy (non-hydrogen) atoms. The smallest absolute Gasteiger partial charge is 0.301 e. The van der Waals surface area contributed by atoms with Crippen LogP contribution in [0.25, 0.3) is 16.0 Å². The molecule has 1 atom stereocenters. The van der Waals surface area contributed by atoms with Crippen LogP contribution >= 0.6 is 11.3 Å². The van der Waals surface area contributed by atoms with Gasteiger partial charge in [0.1, 0.15) is 30.5 Å². The fourth-order valence-corrected chi connectivity index (χ4v) is 5.83. The van der Waals surface area contributed by atoms with E-state index in [2.05, 4.69) is 4.98 Å². The van der Waals surface area contributed by atoms with Gasteiger partial charge in [0.2, 0.25) is 0 Å². The number of aliphatic hydroxyl groups is 1. The van der Waals surface area contributed by atoms with E-state index in [1.165, 1.54) is 16.2 Å². The van der Waals surface area contributed by atoms with Crippen molar-refractivity contribution in [3.63, 3.8) is 0 Å². The predicted molar refractivity (Wildman–Crippen MR) is 151 cm³/mol. The Hall–Kier alpha value is -4.57. The highest BCUT2D eigenvalue weighted by Gasteiger charge is 2.48. The van der Waals surface area contributed by atoms with Crippen LogP contribution in [0.5, 0.6) is 23.0 Å². The normalized spacial score (nSPS) is 17.9. The van der Waals surface area contributed by atoms with Crippen LogP contribution in [0, 0.1) is 0 Å². The van der Waals surface area contributed by atoms with Crippen molar-refractivity contribution >= 4 is 44.1 Å². The van der Waals surface area contributed by atoms with Crippen LogP contribution in [0.3, 0.4) is 0 Å². The number of fused-ring (bicyclic) bond motifs is 2. The van der Waals surface area contributed by atoms with Gasteiger partial charge >= 0.3 is 5.91 Å². The Kier molecular flexibility index (Phi) is 6.77. The molecule has 2 aliphatic rings. The van der Waals surface area contributed by atoms with Gasteiger partial charge in [-0.05, 0) is 60.5 Å². The van der Waals surface area contributed by atoms with Gasteiger partial charge in [-0.15, -0.1) is 0 Å². The molecule has 1 fully saturated rings. The number of ether oxygens (including phenoxy) is 4. The summed E-state index contributed by atoms with van der Waals surface area (Å²) in [5.74, 6) is 0.343. The summed E-state index contributed by atoms with van der Waals surface area (Å²) in [6.07, 6.45) is 0.821. The van der Waals surface area contributed by atoms with Crippen molar-refractivity contribution in [2.24, 2.45) is 0 Å². The Morgan fingerprint density at radius 2 is 1.88 bits per heavy atom. The molecule has 0 unspecified atom stereocenters. The van der Waals surface area contributed by atoms with E-state index >= 15 is 0 Å². The summed E-state index contributed by atoms with van der Waals surface area (Å²) in [6, 6.07) is 16.6. The summed E-state index contributed by atoms with van der Waals surface area (Å²) in [6.45, 7) is 3.32. The van der Waals surface area contributed by atoms with Gasteiger partial charge in [0.15, 0.2) is 16.6 Å². The number of nitrogens with zero attached hydrogens (tertiary/aromatic N) is 2. The van der Waals surface area contributed by atoms with Gasteiger partial charge < -0.3 is 24.1 Å². The van der Waals surface area contributed by atoms with Crippen molar-refractivity contribution in [2.75, 3.05) is 31.8 Å². The van der Waals surface area contributed by atoms with E-state index in [-0.39, 0.29) is 11.3 Å². The lowest BCUT2D eigenvalue weighted by Gasteiger charge is -2.23. The lowest BCUT2D eigenvalue weighted by atomic mass is 9.95. The molecular weight excluding hydrogens is 532 g/mol. The summed E-state index contributed by atoms with van der Waals surface area (Å²) in [5.41, 5.74) is 1.54. The van der Waals surface area contributed by atoms with Gasteiger partial charge in [-0.3, -0.25) is 14.5 Å². The predicted octanol–water partition coefficient (Wildman–Crippen LogP) is 5.49. The van der Waals surface area contributed by atoms with Crippen LogP contribution in [0.2, 0.25) is 0 Å². The number of Topliss-reactive ketones (excluding diaryl/α,β-unsaturated/α-hetero) is 1. The van der Waals surface area contributed by atoms with E-state index in [1.807, 2.05) is 19.1 Å². The topological polar surface area (TPSA) is 107 Å². The van der Waals surface area contributed by atoms with Crippen molar-refractivity contribution in [2.45, 2.75) is 19.4 Å². The molecule has 9 nitrogen and oxygen atoms in total. The number of amides is 1. The number of thiazole rings is 1. The standard InChI is InChI=1S/C30H26N2O7S/c1-3-11-37-20-6-4-5-17(14-20)26-25(27(33)18-7-10-22-23(15-18)39-13-12-38-22)28(34)29(35)32(26)30-31-21-9-8-19(36-2)16-24(21)40-30/h4-10,14-16,26,33H,3,11-13H2,1-2H3/t26-/m1/s1. The number of benzene rings is 3. The highest BCUT2D eigenvalue weighted by molar-refractivity contribution is 7.22. The average Bonchev–Trinajstić information content (AvgIpc) is 3.52. The number of methoxy groups -OCH3 is 1. The molecule has 3 heterocycles. The number of rotatable bonds is 7. The lowest BCUT2D eigenvalue weighted by Crippen LogP contribution is -2.29. The molecule has 0 bridgehead atoms. The number of hydrogen-bond donors (Lipinski definition) is 1. The third kappa shape index (κ3) is 4.50. The molecule has 6 rings (SSSR count). The minimum atomic E-state index is -0.944. The fraction of sp³-hybridized carbons (Fsp3) is 0.233. The number of aliphatic hydroxyl groups excluding tert-OH is 1. The molecule has 0 spiro atoms. The van der Waals surface area contributed by atoms with Crippen LogP contribution in [0.4, 0.5) is 5.13 Å². The van der Waals surface area contributed by atoms with Crippen LogP contribution in [-0.2, 0) is 9.59 Å². The van der Waals surface area contributed by atoms with Gasteiger partial charge in [0.05, 0.1) is 35.5 Å². The lowest BCUT2D eigenvalue weighted by molar-refractivity contribution is -0.132. The summed E-state index contributed by atoms with van der Waals surface area (Å²) in [5, 5.41) is 11.9. The van der Waals surface area contributed by atoms with E-state index < -0.39 is 17.7 Å². The number of ketones is 1. The van der Waals surface area contributed by atoms with E-state index in [4.69, 9.17) is 18.9 Å². The Labute approximate surface area is 234 Å². The van der Waals surface area contributed by atoms with Gasteiger partial charge in [-0.25, -0.2) is 4.98 Å². The Balaban J connectivity index is 1.52. The van der Waals surface area contributed by atoms with E-state index in [0.717, 1.165) is 11.1 Å². The molecule has 1 aromatic heterocycles. The molecule has 1 amide bonds. The summed E-state index contributed by atoms with van der Waals surface area (Å²) in [4.78, 5) is 33.3. The van der Waals surface area contributed by atoms with Crippen LogP contribution in [-0.4, -0.2) is 48.7 Å². The van der Waals surface area contributed by atoms with E-state index in [1.54, 1.807) is 55.6 Å². The van der Waals surface area contributed by atoms with Gasteiger partial charge in [0, 0.05) is 5.56 Å². The monoisotopic (exact) mass is 558 g/mol. The molecule has 3 aromatic carbocycles. The van der Waals surface area contributed by atoms with Crippen LogP contribution < -0.4 is 23.8 Å². The maximum Gasteiger partial charge on any atom is 0.301 e. The number of carbonyl (C=O) groups excluding carboxylic acids is 2. The highest BCUT2D eigenvalue weighted by atomic mass is 32.1. The summed E-state index contributed by atoms with van der Waals surface area (Å²) in [7, 11) is 1.58. The molecule has 204 valence electrons. The van der Waals surface area contributed by atoms with Gasteiger partial charge in [-0.1, -0.05) is 30.4 Å². The Bertz CT molecular complexity index is 1660. The second kappa shape index (κ2) is 10.5. The highest BCUT2D eigenvalue weighted by Crippen LogP contribution is 2.45. The number of carbonyl (C=O) groups is 2. The molecule has 1 saturated heterocycles. The van der Waals surface area contributed by atoms with Crippen molar-refractivity contribution in [1.82, 2.24) is 4.98 Å². The third-order valence-corrected chi connectivity index (χ3v) is 7.71. The number of hydrogen-bond acceptors (Lipinski definition) is 9. The van der Waals surface area contributed by atoms with E-state index in [9.17, 15) is 14.7 Å².